The average molecular weight is 452 g/mol. The lowest BCUT2D eigenvalue weighted by molar-refractivity contribution is -0.217. The molecule has 29 heavy (non-hydrogen) atoms. The molecular weight excluding hydrogens is 431 g/mol. The number of halogens is 4. The number of alkyl halides is 4. The number of carboxylic acids is 1. The van der Waals surface area contributed by atoms with Crippen LogP contribution in [0.4, 0.5) is 18.9 Å². The van der Waals surface area contributed by atoms with Gasteiger partial charge >= 0.3 is 5.97 Å². The molecule has 3 rings (SSSR count). The zero-order valence-electron chi connectivity index (χ0n) is 16.0. The van der Waals surface area contributed by atoms with Crippen LogP contribution in [-0.4, -0.2) is 45.0 Å². The predicted octanol–water partition coefficient (Wildman–Crippen LogP) is 4.71. The van der Waals surface area contributed by atoms with E-state index in [9.17, 15) is 18.0 Å². The lowest BCUT2D eigenvalue weighted by Crippen LogP contribution is -2.67. The molecule has 2 aromatic rings. The van der Waals surface area contributed by atoms with Crippen molar-refractivity contribution in [3.8, 4) is 5.19 Å². The van der Waals surface area contributed by atoms with Crippen molar-refractivity contribution in [1.82, 2.24) is 10.2 Å². The second kappa shape index (κ2) is 8.74. The van der Waals surface area contributed by atoms with Crippen LogP contribution in [0.2, 0.25) is 0 Å². The Morgan fingerprint density at radius 1 is 1.31 bits per heavy atom. The number of aliphatic carboxylic acids is 1. The molecule has 1 heterocycles. The molecule has 0 spiro atoms. The maximum absolute atomic E-state index is 13.9. The number of aromatic nitrogens is 2. The molecule has 160 valence electrons. The van der Waals surface area contributed by atoms with E-state index < -0.39 is 35.5 Å². The van der Waals surface area contributed by atoms with Crippen molar-refractivity contribution in [2.75, 3.05) is 11.9 Å². The maximum atomic E-state index is 13.9. The van der Waals surface area contributed by atoms with Crippen molar-refractivity contribution in [2.45, 2.75) is 49.7 Å². The van der Waals surface area contributed by atoms with E-state index in [-0.39, 0.29) is 10.2 Å². The molecule has 1 saturated carbocycles. The third-order valence-electron chi connectivity index (χ3n) is 4.15. The van der Waals surface area contributed by atoms with Gasteiger partial charge in [-0.05, 0) is 32.9 Å². The van der Waals surface area contributed by atoms with Gasteiger partial charge in [-0.25, -0.2) is 18.0 Å². The van der Waals surface area contributed by atoms with Crippen molar-refractivity contribution in [2.24, 2.45) is 0 Å². The molecular formula is C18H21ClF3N3O3S. The predicted molar refractivity (Wildman–Crippen MR) is 105 cm³/mol. The van der Waals surface area contributed by atoms with Crippen LogP contribution < -0.4 is 10.1 Å². The van der Waals surface area contributed by atoms with E-state index in [0.29, 0.717) is 17.4 Å². The van der Waals surface area contributed by atoms with Crippen LogP contribution in [0.1, 0.15) is 32.2 Å². The van der Waals surface area contributed by atoms with Gasteiger partial charge in [0.25, 0.3) is 16.2 Å². The van der Waals surface area contributed by atoms with Crippen LogP contribution in [0.3, 0.4) is 0 Å². The number of carboxylic acid groups (broad SMARTS) is 1. The first kappa shape index (κ1) is 23.2. The zero-order chi connectivity index (χ0) is 21.9. The van der Waals surface area contributed by atoms with E-state index in [1.807, 2.05) is 18.2 Å². The second-order valence-corrected chi connectivity index (χ2v) is 8.47. The van der Waals surface area contributed by atoms with E-state index >= 15 is 0 Å². The first-order valence-corrected chi connectivity index (χ1v) is 9.84. The Balaban J connectivity index is 0.000000253. The molecule has 6 nitrogen and oxygen atoms in total. The van der Waals surface area contributed by atoms with Crippen LogP contribution in [0.15, 0.2) is 30.3 Å². The number of rotatable bonds is 6. The molecule has 0 bridgehead atoms. The minimum absolute atomic E-state index is 0.0590. The van der Waals surface area contributed by atoms with Crippen molar-refractivity contribution >= 4 is 34.6 Å². The molecule has 1 aliphatic carbocycles. The molecule has 1 aliphatic rings. The fraction of sp³-hybridized carbons (Fsp3) is 0.500. The summed E-state index contributed by atoms with van der Waals surface area (Å²) in [6.07, 6.45) is -0.798. The third-order valence-corrected chi connectivity index (χ3v) is 5.95. The molecule has 0 aliphatic heterocycles. The van der Waals surface area contributed by atoms with Crippen molar-refractivity contribution in [1.29, 1.82) is 0 Å². The SMILES string of the molecule is CC(C)Nc1ccccc1.CC1(c2nnc(OCC(=O)O)s2)CC(F)(F)C1(F)Cl. The monoisotopic (exact) mass is 451 g/mol. The Labute approximate surface area is 175 Å². The Bertz CT molecular complexity index is 836. The van der Waals surface area contributed by atoms with Crippen LogP contribution in [0.5, 0.6) is 5.19 Å². The van der Waals surface area contributed by atoms with Crippen molar-refractivity contribution < 1.29 is 27.8 Å². The molecule has 0 saturated heterocycles. The minimum Gasteiger partial charge on any atom is -0.479 e. The maximum Gasteiger partial charge on any atom is 0.341 e. The molecule has 2 unspecified atom stereocenters. The number of carbonyl (C=O) groups is 1. The van der Waals surface area contributed by atoms with E-state index in [1.165, 1.54) is 12.6 Å². The van der Waals surface area contributed by atoms with E-state index in [2.05, 4.69) is 41.5 Å². The molecule has 0 amide bonds. The third kappa shape index (κ3) is 5.11. The van der Waals surface area contributed by atoms with Gasteiger partial charge in [-0.1, -0.05) is 41.1 Å². The number of para-hydroxylation sites is 1. The average Bonchev–Trinajstić information content (AvgIpc) is 3.10. The normalized spacial score (nSPS) is 24.8. The summed E-state index contributed by atoms with van der Waals surface area (Å²) < 4.78 is 44.8. The van der Waals surface area contributed by atoms with Gasteiger partial charge in [0.2, 0.25) is 0 Å². The molecule has 1 fully saturated rings. The summed E-state index contributed by atoms with van der Waals surface area (Å²) in [4.78, 5) is 10.3. The number of hydrogen-bond acceptors (Lipinski definition) is 6. The molecule has 0 radical (unpaired) electrons. The standard InChI is InChI=1S/C9H8ClF3N2O3S.C9H13N/c1-7(3-8(11,12)9(7,10)13)5-14-15-6(19-5)18-2-4(16)17;1-8(2)10-9-6-4-3-5-7-9/h2-3H2,1H3,(H,16,17);3-8,10H,1-2H3. The van der Waals surface area contributed by atoms with Crippen molar-refractivity contribution in [3.05, 3.63) is 35.3 Å². The van der Waals surface area contributed by atoms with Crippen LogP contribution in [0, 0.1) is 0 Å². The number of nitrogens with one attached hydrogen (secondary N) is 1. The van der Waals surface area contributed by atoms with Crippen LogP contribution in [-0.2, 0) is 10.2 Å². The fourth-order valence-electron chi connectivity index (χ4n) is 2.66. The molecule has 1 aromatic carbocycles. The Morgan fingerprint density at radius 3 is 2.41 bits per heavy atom. The van der Waals surface area contributed by atoms with Gasteiger partial charge in [0.1, 0.15) is 5.01 Å². The van der Waals surface area contributed by atoms with E-state index in [0.717, 1.165) is 0 Å². The second-order valence-electron chi connectivity index (χ2n) is 7.01. The van der Waals surface area contributed by atoms with Gasteiger partial charge in [-0.15, -0.1) is 10.2 Å². The van der Waals surface area contributed by atoms with Crippen LogP contribution in [0.25, 0.3) is 0 Å². The lowest BCUT2D eigenvalue weighted by Gasteiger charge is -2.52. The Kier molecular flexibility index (Phi) is 7.00. The largest absolute Gasteiger partial charge is 0.479 e. The minimum atomic E-state index is -3.64. The van der Waals surface area contributed by atoms with Gasteiger partial charge in [0, 0.05) is 18.2 Å². The summed E-state index contributed by atoms with van der Waals surface area (Å²) in [5.74, 6) is -4.87. The first-order valence-electron chi connectivity index (χ1n) is 8.65. The highest BCUT2D eigenvalue weighted by Crippen LogP contribution is 2.65. The highest BCUT2D eigenvalue weighted by atomic mass is 35.5. The number of hydrogen-bond donors (Lipinski definition) is 2. The number of anilines is 1. The van der Waals surface area contributed by atoms with Gasteiger partial charge in [-0.2, -0.15) is 0 Å². The van der Waals surface area contributed by atoms with Gasteiger partial charge in [-0.3, -0.25) is 0 Å². The molecule has 1 aromatic heterocycles. The summed E-state index contributed by atoms with van der Waals surface area (Å²) in [5.41, 5.74) is -0.488. The van der Waals surface area contributed by atoms with Crippen LogP contribution >= 0.6 is 22.9 Å². The highest BCUT2D eigenvalue weighted by molar-refractivity contribution is 7.13. The quantitative estimate of drug-likeness (QED) is 0.619. The summed E-state index contributed by atoms with van der Waals surface area (Å²) in [6, 6.07) is 10.7. The fourth-order valence-corrected chi connectivity index (χ4v) is 3.82. The van der Waals surface area contributed by atoms with E-state index in [1.54, 1.807) is 0 Å². The number of ether oxygens (including phenoxy) is 1. The van der Waals surface area contributed by atoms with E-state index in [4.69, 9.17) is 21.4 Å². The summed E-state index contributed by atoms with van der Waals surface area (Å²) in [6.45, 7) is 4.82. The summed E-state index contributed by atoms with van der Waals surface area (Å²) in [5, 5.41) is 15.3. The highest BCUT2D eigenvalue weighted by Gasteiger charge is 2.78. The zero-order valence-corrected chi connectivity index (χ0v) is 17.5. The summed E-state index contributed by atoms with van der Waals surface area (Å²) in [7, 11) is 0. The Hall–Kier alpha value is -2.07. The molecule has 2 N–H and O–H groups in total. The number of benzene rings is 1. The summed E-state index contributed by atoms with van der Waals surface area (Å²) >= 11 is 5.96. The van der Waals surface area contributed by atoms with Gasteiger partial charge in [0.05, 0.1) is 5.41 Å². The van der Waals surface area contributed by atoms with Crippen molar-refractivity contribution in [3.63, 3.8) is 0 Å². The molecule has 2 atom stereocenters. The van der Waals surface area contributed by atoms with Gasteiger partial charge in [0.15, 0.2) is 6.61 Å². The lowest BCUT2D eigenvalue weighted by atomic mass is 9.65. The Morgan fingerprint density at radius 2 is 1.93 bits per heavy atom. The number of nitrogens with zero attached hydrogens (tertiary/aromatic N) is 2. The molecule has 11 heteroatoms. The smallest absolute Gasteiger partial charge is 0.341 e. The van der Waals surface area contributed by atoms with Gasteiger partial charge < -0.3 is 15.2 Å². The first-order chi connectivity index (χ1) is 13.4. The topological polar surface area (TPSA) is 84.3 Å².